The third kappa shape index (κ3) is 2.95. The molecule has 0 aliphatic carbocycles. The molecule has 2 rings (SSSR count). The van der Waals surface area contributed by atoms with Crippen LogP contribution in [0.15, 0.2) is 18.3 Å². The predicted molar refractivity (Wildman–Crippen MR) is 67.7 cm³/mol. The number of aryl methyl sites for hydroxylation is 1. The summed E-state index contributed by atoms with van der Waals surface area (Å²) in [7, 11) is 0. The summed E-state index contributed by atoms with van der Waals surface area (Å²) in [5.41, 5.74) is 1.67. The number of rotatable bonds is 3. The van der Waals surface area contributed by atoms with Crippen LogP contribution in [0, 0.1) is 12.3 Å². The van der Waals surface area contributed by atoms with Gasteiger partial charge >= 0.3 is 0 Å². The molecular formula is C13H21N3. The molecule has 1 aromatic heterocycles. The van der Waals surface area contributed by atoms with Crippen molar-refractivity contribution in [1.82, 2.24) is 10.3 Å². The van der Waals surface area contributed by atoms with Crippen molar-refractivity contribution in [2.24, 2.45) is 5.41 Å². The van der Waals surface area contributed by atoms with E-state index in [4.69, 9.17) is 0 Å². The first kappa shape index (κ1) is 11.4. The van der Waals surface area contributed by atoms with Crippen LogP contribution < -0.4 is 10.6 Å². The molecule has 3 nitrogen and oxygen atoms in total. The zero-order valence-electron chi connectivity index (χ0n) is 10.2. The van der Waals surface area contributed by atoms with Gasteiger partial charge in [-0.3, -0.25) is 0 Å². The lowest BCUT2D eigenvalue weighted by molar-refractivity contribution is 0.247. The Bertz CT molecular complexity index is 343. The van der Waals surface area contributed by atoms with Gasteiger partial charge in [-0.2, -0.15) is 0 Å². The number of aromatic nitrogens is 1. The van der Waals surface area contributed by atoms with Crippen LogP contribution in [0.1, 0.15) is 25.3 Å². The summed E-state index contributed by atoms with van der Waals surface area (Å²) < 4.78 is 0. The van der Waals surface area contributed by atoms with E-state index < -0.39 is 0 Å². The minimum absolute atomic E-state index is 0.413. The highest BCUT2D eigenvalue weighted by Gasteiger charge is 2.26. The van der Waals surface area contributed by atoms with Crippen LogP contribution in [0.4, 0.5) is 5.82 Å². The topological polar surface area (TPSA) is 37.0 Å². The van der Waals surface area contributed by atoms with Gasteiger partial charge in [0, 0.05) is 12.7 Å². The van der Waals surface area contributed by atoms with Gasteiger partial charge in [-0.1, -0.05) is 6.92 Å². The summed E-state index contributed by atoms with van der Waals surface area (Å²) in [6, 6.07) is 4.13. The van der Waals surface area contributed by atoms with Gasteiger partial charge in [-0.25, -0.2) is 4.98 Å². The number of nitrogens with zero attached hydrogens (tertiary/aromatic N) is 1. The van der Waals surface area contributed by atoms with Gasteiger partial charge in [-0.05, 0) is 56.0 Å². The van der Waals surface area contributed by atoms with Crippen molar-refractivity contribution in [1.29, 1.82) is 0 Å². The molecule has 0 radical (unpaired) electrons. The number of hydrogen-bond donors (Lipinski definition) is 2. The molecule has 0 saturated carbocycles. The first-order valence-electron chi connectivity index (χ1n) is 6.05. The van der Waals surface area contributed by atoms with E-state index in [0.29, 0.717) is 5.41 Å². The maximum atomic E-state index is 4.33. The Hall–Kier alpha value is -1.09. The quantitative estimate of drug-likeness (QED) is 0.818. The molecule has 0 spiro atoms. The average molecular weight is 219 g/mol. The second kappa shape index (κ2) is 4.83. The SMILES string of the molecule is Cc1ccnc(NCC2(C)CCNCC2)c1. The number of nitrogens with one attached hydrogen (secondary N) is 2. The molecule has 1 fully saturated rings. The molecule has 16 heavy (non-hydrogen) atoms. The van der Waals surface area contributed by atoms with Gasteiger partial charge in [0.2, 0.25) is 0 Å². The standard InChI is InChI=1S/C13H21N3/c1-11-3-6-15-12(9-11)16-10-13(2)4-7-14-8-5-13/h3,6,9,14H,4-5,7-8,10H2,1-2H3,(H,15,16). The lowest BCUT2D eigenvalue weighted by Gasteiger charge is -2.34. The second-order valence-electron chi connectivity index (χ2n) is 5.13. The molecule has 1 saturated heterocycles. The third-order valence-corrected chi connectivity index (χ3v) is 3.42. The highest BCUT2D eigenvalue weighted by molar-refractivity contribution is 5.37. The Balaban J connectivity index is 1.91. The maximum absolute atomic E-state index is 4.33. The molecule has 3 heteroatoms. The summed E-state index contributed by atoms with van der Waals surface area (Å²) in [4.78, 5) is 4.33. The Labute approximate surface area is 97.7 Å². The molecule has 0 atom stereocenters. The molecule has 1 aliphatic rings. The molecule has 0 amide bonds. The smallest absolute Gasteiger partial charge is 0.126 e. The summed E-state index contributed by atoms with van der Waals surface area (Å²) in [6.45, 7) is 7.75. The first-order chi connectivity index (χ1) is 7.68. The fraction of sp³-hybridized carbons (Fsp3) is 0.615. The van der Waals surface area contributed by atoms with Crippen molar-refractivity contribution >= 4 is 5.82 Å². The number of pyridine rings is 1. The van der Waals surface area contributed by atoms with E-state index in [1.54, 1.807) is 0 Å². The third-order valence-electron chi connectivity index (χ3n) is 3.42. The Morgan fingerprint density at radius 1 is 1.44 bits per heavy atom. The van der Waals surface area contributed by atoms with Gasteiger partial charge in [0.1, 0.15) is 5.82 Å². The number of anilines is 1. The Morgan fingerprint density at radius 3 is 2.88 bits per heavy atom. The summed E-state index contributed by atoms with van der Waals surface area (Å²) in [5, 5.41) is 6.86. The summed E-state index contributed by atoms with van der Waals surface area (Å²) in [5.74, 6) is 1.000. The normalized spacial score (nSPS) is 19.4. The van der Waals surface area contributed by atoms with Crippen LogP contribution in [0.25, 0.3) is 0 Å². The van der Waals surface area contributed by atoms with Crippen molar-refractivity contribution in [2.45, 2.75) is 26.7 Å². The van der Waals surface area contributed by atoms with Crippen molar-refractivity contribution in [3.63, 3.8) is 0 Å². The number of hydrogen-bond acceptors (Lipinski definition) is 3. The van der Waals surface area contributed by atoms with Gasteiger partial charge in [0.25, 0.3) is 0 Å². The zero-order valence-corrected chi connectivity index (χ0v) is 10.2. The van der Waals surface area contributed by atoms with E-state index in [1.165, 1.54) is 18.4 Å². The summed E-state index contributed by atoms with van der Waals surface area (Å²) in [6.07, 6.45) is 4.35. The molecular weight excluding hydrogens is 198 g/mol. The van der Waals surface area contributed by atoms with Crippen molar-refractivity contribution in [3.8, 4) is 0 Å². The van der Waals surface area contributed by atoms with Crippen LogP contribution in [0.3, 0.4) is 0 Å². The van der Waals surface area contributed by atoms with Gasteiger partial charge in [-0.15, -0.1) is 0 Å². The highest BCUT2D eigenvalue weighted by atomic mass is 15.0. The molecule has 88 valence electrons. The lowest BCUT2D eigenvalue weighted by Crippen LogP contribution is -2.39. The predicted octanol–water partition coefficient (Wildman–Crippen LogP) is 2.19. The minimum atomic E-state index is 0.413. The maximum Gasteiger partial charge on any atom is 0.126 e. The van der Waals surface area contributed by atoms with Crippen LogP contribution in [-0.4, -0.2) is 24.6 Å². The molecule has 0 aromatic carbocycles. The van der Waals surface area contributed by atoms with E-state index in [1.807, 2.05) is 12.3 Å². The van der Waals surface area contributed by atoms with E-state index in [0.717, 1.165) is 25.5 Å². The average Bonchev–Trinajstić information content (AvgIpc) is 2.28. The fourth-order valence-corrected chi connectivity index (χ4v) is 2.14. The van der Waals surface area contributed by atoms with Crippen molar-refractivity contribution in [2.75, 3.05) is 25.0 Å². The number of piperidine rings is 1. The summed E-state index contributed by atoms with van der Waals surface area (Å²) >= 11 is 0. The van der Waals surface area contributed by atoms with Crippen LogP contribution in [-0.2, 0) is 0 Å². The van der Waals surface area contributed by atoms with E-state index in [-0.39, 0.29) is 0 Å². The van der Waals surface area contributed by atoms with Gasteiger partial charge < -0.3 is 10.6 Å². The van der Waals surface area contributed by atoms with Crippen molar-refractivity contribution < 1.29 is 0 Å². The van der Waals surface area contributed by atoms with Gasteiger partial charge in [0.15, 0.2) is 0 Å². The molecule has 1 aromatic rings. The minimum Gasteiger partial charge on any atom is -0.370 e. The Morgan fingerprint density at radius 2 is 2.19 bits per heavy atom. The van der Waals surface area contributed by atoms with Crippen molar-refractivity contribution in [3.05, 3.63) is 23.9 Å². The van der Waals surface area contributed by atoms with E-state index >= 15 is 0 Å². The molecule has 2 heterocycles. The Kier molecular flexibility index (Phi) is 3.44. The highest BCUT2D eigenvalue weighted by Crippen LogP contribution is 2.27. The molecule has 0 unspecified atom stereocenters. The molecule has 0 bridgehead atoms. The first-order valence-corrected chi connectivity index (χ1v) is 6.05. The second-order valence-corrected chi connectivity index (χ2v) is 5.13. The van der Waals surface area contributed by atoms with E-state index in [2.05, 4.69) is 35.5 Å². The monoisotopic (exact) mass is 219 g/mol. The van der Waals surface area contributed by atoms with E-state index in [9.17, 15) is 0 Å². The van der Waals surface area contributed by atoms with Crippen LogP contribution in [0.2, 0.25) is 0 Å². The van der Waals surface area contributed by atoms with Crippen LogP contribution in [0.5, 0.6) is 0 Å². The lowest BCUT2D eigenvalue weighted by atomic mass is 9.81. The van der Waals surface area contributed by atoms with Crippen LogP contribution >= 0.6 is 0 Å². The largest absolute Gasteiger partial charge is 0.370 e. The zero-order chi connectivity index (χ0) is 11.4. The van der Waals surface area contributed by atoms with Gasteiger partial charge in [0.05, 0.1) is 0 Å². The molecule has 1 aliphatic heterocycles. The molecule has 2 N–H and O–H groups in total. The fourth-order valence-electron chi connectivity index (χ4n) is 2.14.